The number of esters is 2. The molecule has 0 atom stereocenters. The smallest absolute Gasteiger partial charge is 0.349 e. The molecule has 0 aliphatic carbocycles. The second-order valence-electron chi connectivity index (χ2n) is 5.82. The Morgan fingerprint density at radius 1 is 1.00 bits per heavy atom. The first-order chi connectivity index (χ1) is 12.5. The fourth-order valence-electron chi connectivity index (χ4n) is 2.53. The van der Waals surface area contributed by atoms with Crippen LogP contribution in [-0.4, -0.2) is 18.5 Å². The summed E-state index contributed by atoms with van der Waals surface area (Å²) in [7, 11) is 0. The zero-order valence-electron chi connectivity index (χ0n) is 14.3. The van der Waals surface area contributed by atoms with Crippen LogP contribution in [0, 0.1) is 0 Å². The van der Waals surface area contributed by atoms with Crippen molar-refractivity contribution in [2.45, 2.75) is 12.7 Å². The predicted molar refractivity (Wildman–Crippen MR) is 96.1 cm³/mol. The summed E-state index contributed by atoms with van der Waals surface area (Å²) in [5.41, 5.74) is 1.09. The number of carbonyl (C=O) groups is 2. The molecule has 0 saturated carbocycles. The van der Waals surface area contributed by atoms with Crippen molar-refractivity contribution >= 4 is 18.0 Å². The molecule has 0 aromatic heterocycles. The Kier molecular flexibility index (Phi) is 4.89. The van der Waals surface area contributed by atoms with Crippen molar-refractivity contribution in [3.63, 3.8) is 0 Å². The molecule has 2 aromatic rings. The summed E-state index contributed by atoms with van der Waals surface area (Å²) in [6.07, 6.45) is 3.08. The van der Waals surface area contributed by atoms with Gasteiger partial charge in [0.2, 0.25) is 0 Å². The third-order valence-corrected chi connectivity index (χ3v) is 3.87. The number of ether oxygens (including phenoxy) is 3. The van der Waals surface area contributed by atoms with Gasteiger partial charge in [-0.2, -0.15) is 0 Å². The van der Waals surface area contributed by atoms with E-state index in [0.717, 1.165) is 0 Å². The van der Waals surface area contributed by atoms with Gasteiger partial charge in [0.05, 0.1) is 0 Å². The van der Waals surface area contributed by atoms with E-state index < -0.39 is 17.7 Å². The zero-order valence-corrected chi connectivity index (χ0v) is 14.3. The lowest BCUT2D eigenvalue weighted by Crippen LogP contribution is -2.42. The molecule has 0 radical (unpaired) electrons. The number of cyclic esters (lactones) is 2. The fraction of sp³-hybridized carbons (Fsp3) is 0.143. The largest absolute Gasteiger partial charge is 0.490 e. The van der Waals surface area contributed by atoms with Crippen molar-refractivity contribution < 1.29 is 23.8 Å². The summed E-state index contributed by atoms with van der Waals surface area (Å²) in [6.45, 7) is 5.53. The van der Waals surface area contributed by atoms with Crippen molar-refractivity contribution in [3.05, 3.63) is 84.0 Å². The Balaban J connectivity index is 1.80. The molecule has 5 heteroatoms. The molecular weight excluding hydrogens is 332 g/mol. The summed E-state index contributed by atoms with van der Waals surface area (Å²) >= 11 is 0. The first-order valence-corrected chi connectivity index (χ1v) is 8.09. The average Bonchev–Trinajstić information content (AvgIpc) is 2.65. The van der Waals surface area contributed by atoms with E-state index in [0.29, 0.717) is 23.5 Å². The van der Waals surface area contributed by atoms with Crippen molar-refractivity contribution in [1.82, 2.24) is 0 Å². The molecule has 1 heterocycles. The highest BCUT2D eigenvalue weighted by Crippen LogP contribution is 2.33. The van der Waals surface area contributed by atoms with E-state index in [2.05, 4.69) is 6.58 Å². The Morgan fingerprint density at radius 2 is 1.62 bits per heavy atom. The van der Waals surface area contributed by atoms with Gasteiger partial charge in [-0.05, 0) is 23.8 Å². The van der Waals surface area contributed by atoms with Crippen LogP contribution in [0.2, 0.25) is 0 Å². The second-order valence-corrected chi connectivity index (χ2v) is 5.82. The minimum atomic E-state index is -1.44. The van der Waals surface area contributed by atoms with Gasteiger partial charge in [-0.25, -0.2) is 9.59 Å². The molecule has 0 bridgehead atoms. The van der Waals surface area contributed by atoms with Crippen LogP contribution in [-0.2, 0) is 24.8 Å². The first kappa shape index (κ1) is 17.5. The van der Waals surface area contributed by atoms with Crippen LogP contribution in [0.5, 0.6) is 5.75 Å². The van der Waals surface area contributed by atoms with Gasteiger partial charge >= 0.3 is 11.9 Å². The predicted octanol–water partition coefficient (Wildman–Crippen LogP) is 3.61. The molecular formula is C21H18O5. The van der Waals surface area contributed by atoms with Crippen molar-refractivity contribution in [3.8, 4) is 5.75 Å². The van der Waals surface area contributed by atoms with Gasteiger partial charge in [0.25, 0.3) is 5.79 Å². The van der Waals surface area contributed by atoms with Gasteiger partial charge in [0, 0.05) is 12.5 Å². The number of carbonyl (C=O) groups excluding carboxylic acids is 2. The molecule has 0 unspecified atom stereocenters. The van der Waals surface area contributed by atoms with E-state index in [1.54, 1.807) is 61.5 Å². The van der Waals surface area contributed by atoms with Gasteiger partial charge in [0.1, 0.15) is 17.9 Å². The van der Waals surface area contributed by atoms with Crippen LogP contribution in [0.15, 0.2) is 72.8 Å². The fourth-order valence-corrected chi connectivity index (χ4v) is 2.53. The maximum atomic E-state index is 12.4. The van der Waals surface area contributed by atoms with Gasteiger partial charge in [-0.1, -0.05) is 55.1 Å². The molecule has 0 spiro atoms. The van der Waals surface area contributed by atoms with E-state index in [4.69, 9.17) is 14.2 Å². The third kappa shape index (κ3) is 3.67. The Labute approximate surface area is 151 Å². The Morgan fingerprint density at radius 3 is 2.19 bits per heavy atom. The van der Waals surface area contributed by atoms with Gasteiger partial charge in [-0.3, -0.25) is 0 Å². The summed E-state index contributed by atoms with van der Waals surface area (Å²) in [5.74, 6) is -2.22. The van der Waals surface area contributed by atoms with Crippen LogP contribution < -0.4 is 4.74 Å². The zero-order chi connectivity index (χ0) is 18.6. The molecule has 1 aliphatic heterocycles. The van der Waals surface area contributed by atoms with Crippen LogP contribution in [0.25, 0.3) is 6.08 Å². The lowest BCUT2D eigenvalue weighted by atomic mass is 10.0. The second kappa shape index (κ2) is 7.27. The Bertz CT molecular complexity index is 830. The normalized spacial score (nSPS) is 19.3. The molecule has 132 valence electrons. The molecule has 26 heavy (non-hydrogen) atoms. The molecule has 2 aromatic carbocycles. The number of benzene rings is 2. The van der Waals surface area contributed by atoms with E-state index in [-0.39, 0.29) is 5.57 Å². The highest BCUT2D eigenvalue weighted by Gasteiger charge is 2.43. The van der Waals surface area contributed by atoms with E-state index in [1.165, 1.54) is 6.08 Å². The molecule has 3 rings (SSSR count). The standard InChI is InChI=1S/C21H18O5/c1-3-13-24-17-11-9-15(10-12-17)14-18-19(22)25-21(2,26-20(18)23)16-7-5-4-6-8-16/h3-12,14H,1,13H2,2H3. The summed E-state index contributed by atoms with van der Waals surface area (Å²) in [5, 5.41) is 0. The summed E-state index contributed by atoms with van der Waals surface area (Å²) < 4.78 is 16.2. The van der Waals surface area contributed by atoms with Crippen molar-refractivity contribution in [2.24, 2.45) is 0 Å². The number of hydrogen-bond donors (Lipinski definition) is 0. The lowest BCUT2D eigenvalue weighted by molar-refractivity contribution is -0.233. The van der Waals surface area contributed by atoms with E-state index in [9.17, 15) is 9.59 Å². The van der Waals surface area contributed by atoms with E-state index in [1.807, 2.05) is 6.07 Å². The summed E-state index contributed by atoms with van der Waals surface area (Å²) in [6, 6.07) is 15.8. The molecule has 0 N–H and O–H groups in total. The average molecular weight is 350 g/mol. The topological polar surface area (TPSA) is 61.8 Å². The van der Waals surface area contributed by atoms with E-state index >= 15 is 0 Å². The monoisotopic (exact) mass is 350 g/mol. The SMILES string of the molecule is C=CCOc1ccc(C=C2C(=O)OC(C)(c3ccccc3)OC2=O)cc1. The highest BCUT2D eigenvalue weighted by molar-refractivity contribution is 6.18. The minimum Gasteiger partial charge on any atom is -0.490 e. The molecule has 5 nitrogen and oxygen atoms in total. The molecule has 0 amide bonds. The van der Waals surface area contributed by atoms with Gasteiger partial charge in [0.15, 0.2) is 0 Å². The minimum absolute atomic E-state index is 0.154. The van der Waals surface area contributed by atoms with Gasteiger partial charge in [-0.15, -0.1) is 0 Å². The van der Waals surface area contributed by atoms with Crippen molar-refractivity contribution in [2.75, 3.05) is 6.61 Å². The van der Waals surface area contributed by atoms with Gasteiger partial charge < -0.3 is 14.2 Å². The summed E-state index contributed by atoms with van der Waals surface area (Å²) in [4.78, 5) is 24.8. The molecule has 1 fully saturated rings. The van der Waals surface area contributed by atoms with Crippen LogP contribution in [0.3, 0.4) is 0 Å². The van der Waals surface area contributed by atoms with Crippen LogP contribution in [0.1, 0.15) is 18.1 Å². The van der Waals surface area contributed by atoms with Crippen LogP contribution in [0.4, 0.5) is 0 Å². The van der Waals surface area contributed by atoms with Crippen molar-refractivity contribution in [1.29, 1.82) is 0 Å². The molecule has 1 saturated heterocycles. The maximum absolute atomic E-state index is 12.4. The first-order valence-electron chi connectivity index (χ1n) is 8.09. The highest BCUT2D eigenvalue weighted by atomic mass is 16.7. The number of rotatable bonds is 5. The maximum Gasteiger partial charge on any atom is 0.349 e. The number of hydrogen-bond acceptors (Lipinski definition) is 5. The lowest BCUT2D eigenvalue weighted by Gasteiger charge is -2.33. The quantitative estimate of drug-likeness (QED) is 0.357. The third-order valence-electron chi connectivity index (χ3n) is 3.87. The Hall–Kier alpha value is -3.34. The van der Waals surface area contributed by atoms with Crippen LogP contribution >= 0.6 is 0 Å². The molecule has 1 aliphatic rings.